The summed E-state index contributed by atoms with van der Waals surface area (Å²) in [7, 11) is 0. The molecule has 0 radical (unpaired) electrons. The first-order valence-corrected chi connectivity index (χ1v) is 18.0. The highest BCUT2D eigenvalue weighted by molar-refractivity contribution is 8.03. The smallest absolute Gasteiger partial charge is 0.220 e. The number of hydrogen-bond acceptors (Lipinski definition) is 6. The maximum absolute atomic E-state index is 13.3. The van der Waals surface area contributed by atoms with E-state index < -0.39 is 0 Å². The molecule has 2 fully saturated rings. The van der Waals surface area contributed by atoms with Gasteiger partial charge in [0.1, 0.15) is 10.7 Å². The number of carbonyl (C=O) groups excluding carboxylic acids is 2. The molecule has 0 unspecified atom stereocenters. The lowest BCUT2D eigenvalue weighted by Crippen LogP contribution is -2.43. The summed E-state index contributed by atoms with van der Waals surface area (Å²) < 4.78 is 2.59. The van der Waals surface area contributed by atoms with Crippen LogP contribution in [0.3, 0.4) is 0 Å². The molecule has 0 saturated heterocycles. The average molecular weight is 591 g/mol. The highest BCUT2D eigenvalue weighted by atomic mass is 32.2. The molecule has 2 saturated carbocycles. The van der Waals surface area contributed by atoms with Crippen LogP contribution in [-0.4, -0.2) is 33.7 Å². The first-order chi connectivity index (χ1) is 18.4. The molecule has 2 aromatic rings. The van der Waals surface area contributed by atoms with E-state index in [1.165, 1.54) is 67.8 Å². The lowest BCUT2D eigenvalue weighted by atomic mass is 9.93. The Morgan fingerprint density at radius 2 is 1.05 bits per heavy atom. The fourth-order valence-electron chi connectivity index (χ4n) is 6.45. The highest BCUT2D eigenvalue weighted by Gasteiger charge is 2.40. The molecule has 0 spiro atoms. The van der Waals surface area contributed by atoms with Crippen molar-refractivity contribution in [2.45, 2.75) is 136 Å². The van der Waals surface area contributed by atoms with Gasteiger partial charge in [0.05, 0.1) is 8.42 Å². The van der Waals surface area contributed by atoms with Crippen LogP contribution in [0, 0.1) is 0 Å². The van der Waals surface area contributed by atoms with Crippen LogP contribution < -0.4 is 0 Å². The summed E-state index contributed by atoms with van der Waals surface area (Å²) in [5.74, 6) is 0.376. The molecule has 2 aromatic heterocycles. The number of rotatable bonds is 6. The van der Waals surface area contributed by atoms with Crippen molar-refractivity contribution in [3.63, 3.8) is 0 Å². The van der Waals surface area contributed by atoms with E-state index in [4.69, 9.17) is 0 Å². The van der Waals surface area contributed by atoms with Crippen LogP contribution in [0.2, 0.25) is 0 Å². The fourth-order valence-corrected chi connectivity index (χ4v) is 12.5. The number of hydrogen-bond donors (Lipinski definition) is 0. The number of thiophene rings is 2. The molecule has 38 heavy (non-hydrogen) atoms. The van der Waals surface area contributed by atoms with Gasteiger partial charge >= 0.3 is 0 Å². The number of fused-ring (bicyclic) bond motifs is 2. The molecule has 0 aromatic carbocycles. The van der Waals surface area contributed by atoms with E-state index in [2.05, 4.69) is 35.8 Å². The molecule has 1 aliphatic heterocycles. The Labute approximate surface area is 245 Å². The molecule has 3 aliphatic rings. The van der Waals surface area contributed by atoms with Gasteiger partial charge in [0.25, 0.3) is 0 Å². The van der Waals surface area contributed by atoms with E-state index in [1.807, 2.05) is 46.2 Å². The predicted molar refractivity (Wildman–Crippen MR) is 163 cm³/mol. The van der Waals surface area contributed by atoms with Crippen LogP contribution in [0.25, 0.3) is 0 Å². The summed E-state index contributed by atoms with van der Waals surface area (Å²) in [6.07, 6.45) is 13.8. The van der Waals surface area contributed by atoms with Gasteiger partial charge in [-0.15, -0.1) is 22.7 Å². The largest absolute Gasteiger partial charge is 0.323 e. The summed E-state index contributed by atoms with van der Waals surface area (Å²) >= 11 is 7.53. The van der Waals surface area contributed by atoms with Gasteiger partial charge < -0.3 is 9.80 Å². The minimum Gasteiger partial charge on any atom is -0.323 e. The topological polar surface area (TPSA) is 40.6 Å². The second-order valence-electron chi connectivity index (χ2n) is 11.0. The van der Waals surface area contributed by atoms with Gasteiger partial charge in [-0.25, -0.2) is 0 Å². The average Bonchev–Trinajstić information content (AvgIpc) is 3.51. The van der Waals surface area contributed by atoms with Crippen molar-refractivity contribution in [2.75, 3.05) is 0 Å². The molecular weight excluding hydrogens is 549 g/mol. The molecule has 2 atom stereocenters. The van der Waals surface area contributed by atoms with E-state index >= 15 is 0 Å². The summed E-state index contributed by atoms with van der Waals surface area (Å²) in [6.45, 7) is 7.98. The maximum atomic E-state index is 13.3. The number of nitrogens with zero attached hydrogens (tertiary/aromatic N) is 2. The van der Waals surface area contributed by atoms with Gasteiger partial charge in [-0.05, 0) is 50.7 Å². The van der Waals surface area contributed by atoms with Gasteiger partial charge in [-0.3, -0.25) is 9.59 Å². The Kier molecular flexibility index (Phi) is 9.54. The first-order valence-electron chi connectivity index (χ1n) is 14.6. The van der Waals surface area contributed by atoms with Crippen LogP contribution >= 0.6 is 46.2 Å². The van der Waals surface area contributed by atoms with E-state index in [1.54, 1.807) is 13.8 Å². The zero-order chi connectivity index (χ0) is 26.8. The third-order valence-corrected chi connectivity index (χ3v) is 14.0. The second kappa shape index (κ2) is 12.7. The Bertz CT molecular complexity index is 1040. The van der Waals surface area contributed by atoms with Crippen molar-refractivity contribution in [3.8, 4) is 0 Å². The number of thioether (sulfide) groups is 2. The molecule has 0 N–H and O–H groups in total. The number of amides is 2. The minimum atomic E-state index is -0.0156. The van der Waals surface area contributed by atoms with Crippen LogP contribution in [0.4, 0.5) is 0 Å². The number of aryl methyl sites for hydroxylation is 2. The van der Waals surface area contributed by atoms with Crippen molar-refractivity contribution >= 4 is 58.0 Å². The summed E-state index contributed by atoms with van der Waals surface area (Å²) in [5, 5.41) is -0.0312. The SMILES string of the molecule is CCc1cc2c(s1)S[C@H](N(C(C)=O)C1CCCCC1)c1cc(CC)sc1S[C@H]2N(C(C)=O)C1CCCCC1. The Hall–Kier alpha value is -0.960. The van der Waals surface area contributed by atoms with Gasteiger partial charge in [-0.1, -0.05) is 75.9 Å². The normalized spacial score (nSPS) is 22.7. The molecule has 3 heterocycles. The van der Waals surface area contributed by atoms with Crippen LogP contribution in [0.15, 0.2) is 20.6 Å². The first kappa shape index (κ1) is 28.6. The Morgan fingerprint density at radius 1 is 0.684 bits per heavy atom. The van der Waals surface area contributed by atoms with Gasteiger partial charge in [-0.2, -0.15) is 0 Å². The summed E-state index contributed by atoms with van der Waals surface area (Å²) in [4.78, 5) is 33.9. The zero-order valence-corrected chi connectivity index (χ0v) is 26.6. The van der Waals surface area contributed by atoms with Crippen molar-refractivity contribution in [2.24, 2.45) is 0 Å². The lowest BCUT2D eigenvalue weighted by Gasteiger charge is -2.42. The quantitative estimate of drug-likeness (QED) is 0.336. The van der Waals surface area contributed by atoms with E-state index in [9.17, 15) is 9.59 Å². The molecule has 8 heteroatoms. The fraction of sp³-hybridized carbons (Fsp3) is 0.667. The molecular formula is C30H42N2O2S4. The predicted octanol–water partition coefficient (Wildman–Crippen LogP) is 9.19. The molecule has 2 amide bonds. The maximum Gasteiger partial charge on any atom is 0.220 e. The van der Waals surface area contributed by atoms with Crippen molar-refractivity contribution in [3.05, 3.63) is 33.0 Å². The minimum absolute atomic E-state index is 0.0156. The lowest BCUT2D eigenvalue weighted by molar-refractivity contribution is -0.133. The molecule has 208 valence electrons. The molecule has 0 bridgehead atoms. The summed E-state index contributed by atoms with van der Waals surface area (Å²) in [6, 6.07) is 5.36. The van der Waals surface area contributed by atoms with Crippen LogP contribution in [0.1, 0.15) is 124 Å². The third kappa shape index (κ3) is 5.89. The van der Waals surface area contributed by atoms with Gasteiger partial charge in [0, 0.05) is 46.8 Å². The monoisotopic (exact) mass is 590 g/mol. The second-order valence-corrected chi connectivity index (χ2v) is 16.0. The van der Waals surface area contributed by atoms with Crippen LogP contribution in [-0.2, 0) is 22.4 Å². The van der Waals surface area contributed by atoms with Crippen molar-refractivity contribution in [1.29, 1.82) is 0 Å². The van der Waals surface area contributed by atoms with Crippen LogP contribution in [0.5, 0.6) is 0 Å². The van der Waals surface area contributed by atoms with E-state index in [0.717, 1.165) is 38.5 Å². The zero-order valence-electron chi connectivity index (χ0n) is 23.3. The van der Waals surface area contributed by atoms with Gasteiger partial charge in [0.2, 0.25) is 11.8 Å². The molecule has 2 aliphatic carbocycles. The molecule has 5 rings (SSSR count). The summed E-state index contributed by atoms with van der Waals surface area (Å²) in [5.41, 5.74) is 2.58. The van der Waals surface area contributed by atoms with Gasteiger partial charge in [0.15, 0.2) is 0 Å². The third-order valence-electron chi connectivity index (χ3n) is 8.39. The van der Waals surface area contributed by atoms with Crippen molar-refractivity contribution < 1.29 is 9.59 Å². The highest BCUT2D eigenvalue weighted by Crippen LogP contribution is 2.57. The standard InChI is InChI=1S/C30H42N2O2S4/c1-5-23-17-25-27(31(19(3)33)21-13-9-7-10-14-21)38-30-26(18-24(6-2)36-30)28(37-29(25)35-23)32(20(4)34)22-15-11-8-12-16-22/h17-18,21-22,27-28H,5-16H2,1-4H3/t27-,28+. The molecule has 4 nitrogen and oxygen atoms in total. The van der Waals surface area contributed by atoms with E-state index in [0.29, 0.717) is 12.1 Å². The number of carbonyl (C=O) groups is 2. The van der Waals surface area contributed by atoms with Crippen molar-refractivity contribution in [1.82, 2.24) is 9.80 Å². The van der Waals surface area contributed by atoms with E-state index in [-0.39, 0.29) is 22.6 Å². The Morgan fingerprint density at radius 3 is 1.37 bits per heavy atom. The Balaban J connectivity index is 1.63.